The minimum Gasteiger partial charge on any atom is -0.305 e. The molecular weight excluding hydrogens is 270 g/mol. The van der Waals surface area contributed by atoms with E-state index >= 15 is 0 Å². The van der Waals surface area contributed by atoms with E-state index < -0.39 is 0 Å². The topological polar surface area (TPSA) is 55.1 Å². The van der Waals surface area contributed by atoms with Gasteiger partial charge in [0.15, 0.2) is 5.82 Å². The third kappa shape index (κ3) is 1.76. The molecule has 0 saturated carbocycles. The van der Waals surface area contributed by atoms with Crippen LogP contribution in [0.15, 0.2) is 24.5 Å². The third-order valence-electron chi connectivity index (χ3n) is 3.69. The maximum Gasteiger partial charge on any atom is 0.212 e. The van der Waals surface area contributed by atoms with E-state index in [0.29, 0.717) is 0 Å². The lowest BCUT2D eigenvalue weighted by atomic mass is 10.0. The Hall–Kier alpha value is -1.79. The molecule has 0 fully saturated rings. The van der Waals surface area contributed by atoms with Crippen molar-refractivity contribution < 1.29 is 0 Å². The van der Waals surface area contributed by atoms with Gasteiger partial charge < -0.3 is 5.32 Å². The van der Waals surface area contributed by atoms with Crippen LogP contribution in [0.25, 0.3) is 4.96 Å². The second kappa shape index (κ2) is 4.64. The lowest BCUT2D eigenvalue weighted by Crippen LogP contribution is -2.30. The van der Waals surface area contributed by atoms with Gasteiger partial charge in [0.25, 0.3) is 0 Å². The van der Waals surface area contributed by atoms with Gasteiger partial charge in [-0.15, -0.1) is 0 Å². The summed E-state index contributed by atoms with van der Waals surface area (Å²) in [6.07, 6.45) is 5.58. The first kappa shape index (κ1) is 12.0. The van der Waals surface area contributed by atoms with Gasteiger partial charge in [0.2, 0.25) is 4.96 Å². The molecule has 102 valence electrons. The van der Waals surface area contributed by atoms with Crippen LogP contribution in [-0.2, 0) is 12.8 Å². The quantitative estimate of drug-likeness (QED) is 0.782. The zero-order valence-corrected chi connectivity index (χ0v) is 12.0. The van der Waals surface area contributed by atoms with Crippen molar-refractivity contribution in [1.29, 1.82) is 0 Å². The van der Waals surface area contributed by atoms with E-state index in [-0.39, 0.29) is 6.04 Å². The Morgan fingerprint density at radius 2 is 2.25 bits per heavy atom. The Bertz CT molecular complexity index is 746. The second-order valence-electron chi connectivity index (χ2n) is 4.91. The van der Waals surface area contributed by atoms with Gasteiger partial charge in [0.05, 0.1) is 16.6 Å². The molecule has 1 unspecified atom stereocenters. The van der Waals surface area contributed by atoms with Gasteiger partial charge in [0.1, 0.15) is 0 Å². The molecule has 3 aromatic rings. The molecule has 0 amide bonds. The van der Waals surface area contributed by atoms with E-state index in [0.717, 1.165) is 30.2 Å². The molecule has 0 saturated heterocycles. The fraction of sp³-hybridized carbons (Fsp3) is 0.357. The summed E-state index contributed by atoms with van der Waals surface area (Å²) in [6.45, 7) is 3.06. The summed E-state index contributed by atoms with van der Waals surface area (Å²) < 4.78 is 2.04. The highest BCUT2D eigenvalue weighted by Gasteiger charge is 2.27. The van der Waals surface area contributed by atoms with Gasteiger partial charge in [-0.3, -0.25) is 4.98 Å². The molecule has 0 spiro atoms. The number of hydrogen-bond donors (Lipinski definition) is 1. The van der Waals surface area contributed by atoms with Crippen molar-refractivity contribution in [3.05, 3.63) is 46.5 Å². The van der Waals surface area contributed by atoms with Gasteiger partial charge in [-0.1, -0.05) is 18.3 Å². The first-order valence-electron chi connectivity index (χ1n) is 6.87. The van der Waals surface area contributed by atoms with E-state index in [4.69, 9.17) is 0 Å². The molecule has 6 heteroatoms. The zero-order chi connectivity index (χ0) is 13.5. The Morgan fingerprint density at radius 1 is 1.40 bits per heavy atom. The molecule has 1 aliphatic rings. The lowest BCUT2D eigenvalue weighted by Gasteiger charge is -2.23. The molecule has 1 atom stereocenters. The summed E-state index contributed by atoms with van der Waals surface area (Å²) >= 11 is 1.75. The molecule has 4 heterocycles. The van der Waals surface area contributed by atoms with Crippen LogP contribution in [0.3, 0.4) is 0 Å². The van der Waals surface area contributed by atoms with Crippen molar-refractivity contribution >= 4 is 16.3 Å². The van der Waals surface area contributed by atoms with Crippen LogP contribution in [0.1, 0.15) is 34.9 Å². The van der Waals surface area contributed by atoms with Gasteiger partial charge in [0, 0.05) is 31.8 Å². The average Bonchev–Trinajstić information content (AvgIpc) is 3.05. The van der Waals surface area contributed by atoms with Crippen LogP contribution < -0.4 is 5.32 Å². The fourth-order valence-electron chi connectivity index (χ4n) is 2.70. The van der Waals surface area contributed by atoms with Gasteiger partial charge in [-0.2, -0.15) is 5.10 Å². The Labute approximate surface area is 120 Å². The summed E-state index contributed by atoms with van der Waals surface area (Å²) in [5, 5.41) is 8.19. The first-order chi connectivity index (χ1) is 9.86. The number of nitrogens with zero attached hydrogens (tertiary/aromatic N) is 4. The SMILES string of the molecule is CCc1nc2sc3c(n2n1)CCNC3c1ccncc1. The first-order valence-corrected chi connectivity index (χ1v) is 7.69. The van der Waals surface area contributed by atoms with Crippen molar-refractivity contribution in [2.75, 3.05) is 6.54 Å². The van der Waals surface area contributed by atoms with E-state index in [1.165, 1.54) is 16.1 Å². The number of aromatic nitrogens is 4. The molecule has 3 aromatic heterocycles. The Kier molecular flexibility index (Phi) is 2.78. The van der Waals surface area contributed by atoms with Gasteiger partial charge in [-0.05, 0) is 17.7 Å². The summed E-state index contributed by atoms with van der Waals surface area (Å²) in [7, 11) is 0. The van der Waals surface area contributed by atoms with E-state index in [9.17, 15) is 0 Å². The van der Waals surface area contributed by atoms with Crippen molar-refractivity contribution in [2.24, 2.45) is 0 Å². The van der Waals surface area contributed by atoms with Crippen molar-refractivity contribution in [3.63, 3.8) is 0 Å². The predicted octanol–water partition coefficient (Wildman–Crippen LogP) is 1.98. The molecule has 5 nitrogen and oxygen atoms in total. The maximum atomic E-state index is 4.61. The minimum atomic E-state index is 0.236. The summed E-state index contributed by atoms with van der Waals surface area (Å²) in [5.41, 5.74) is 2.55. The highest BCUT2D eigenvalue weighted by atomic mass is 32.1. The normalized spacial score (nSPS) is 18.4. The zero-order valence-electron chi connectivity index (χ0n) is 11.2. The second-order valence-corrected chi connectivity index (χ2v) is 5.92. The highest BCUT2D eigenvalue weighted by Crippen LogP contribution is 2.34. The molecule has 20 heavy (non-hydrogen) atoms. The fourth-order valence-corrected chi connectivity index (χ4v) is 3.93. The van der Waals surface area contributed by atoms with E-state index in [1.54, 1.807) is 11.3 Å². The monoisotopic (exact) mass is 285 g/mol. The number of aryl methyl sites for hydroxylation is 1. The number of fused-ring (bicyclic) bond motifs is 3. The minimum absolute atomic E-state index is 0.236. The number of rotatable bonds is 2. The molecule has 1 N–H and O–H groups in total. The van der Waals surface area contributed by atoms with Crippen LogP contribution in [0.5, 0.6) is 0 Å². The van der Waals surface area contributed by atoms with Crippen LogP contribution in [0.2, 0.25) is 0 Å². The van der Waals surface area contributed by atoms with Crippen molar-refractivity contribution in [1.82, 2.24) is 24.9 Å². The largest absolute Gasteiger partial charge is 0.305 e. The third-order valence-corrected chi connectivity index (χ3v) is 4.83. The number of hydrogen-bond acceptors (Lipinski definition) is 5. The lowest BCUT2D eigenvalue weighted by molar-refractivity contribution is 0.560. The molecule has 0 radical (unpaired) electrons. The average molecular weight is 285 g/mol. The summed E-state index contributed by atoms with van der Waals surface area (Å²) in [6, 6.07) is 4.38. The van der Waals surface area contributed by atoms with E-state index in [2.05, 4.69) is 39.4 Å². The molecule has 0 aliphatic carbocycles. The smallest absolute Gasteiger partial charge is 0.212 e. The van der Waals surface area contributed by atoms with Crippen LogP contribution in [0, 0.1) is 0 Å². The molecule has 0 aromatic carbocycles. The van der Waals surface area contributed by atoms with Crippen molar-refractivity contribution in [3.8, 4) is 0 Å². The maximum absolute atomic E-state index is 4.61. The number of pyridine rings is 1. The van der Waals surface area contributed by atoms with Gasteiger partial charge >= 0.3 is 0 Å². The van der Waals surface area contributed by atoms with Crippen LogP contribution in [-0.4, -0.2) is 26.1 Å². The highest BCUT2D eigenvalue weighted by molar-refractivity contribution is 7.17. The number of thiazole rings is 1. The van der Waals surface area contributed by atoms with Crippen LogP contribution >= 0.6 is 11.3 Å². The van der Waals surface area contributed by atoms with E-state index in [1.807, 2.05) is 16.9 Å². The molecule has 4 rings (SSSR count). The summed E-state index contributed by atoms with van der Waals surface area (Å²) in [4.78, 5) is 11.0. The Balaban J connectivity index is 1.85. The molecule has 1 aliphatic heterocycles. The van der Waals surface area contributed by atoms with Crippen LogP contribution in [0.4, 0.5) is 0 Å². The van der Waals surface area contributed by atoms with Gasteiger partial charge in [-0.25, -0.2) is 9.50 Å². The summed E-state index contributed by atoms with van der Waals surface area (Å²) in [5.74, 6) is 0.929. The molecule has 0 bridgehead atoms. The van der Waals surface area contributed by atoms with Crippen molar-refractivity contribution in [2.45, 2.75) is 25.8 Å². The predicted molar refractivity (Wildman–Crippen MR) is 78.0 cm³/mol. The number of nitrogens with one attached hydrogen (secondary N) is 1. The Morgan fingerprint density at radius 3 is 3.05 bits per heavy atom. The molecular formula is C14H15N5S. The standard InChI is InChI=1S/C14H15N5S/c1-2-11-17-14-19(18-11)10-5-8-16-12(13(10)20-14)9-3-6-15-7-4-9/h3-4,6-7,12,16H,2,5,8H2,1H3.